The molecule has 0 atom stereocenters. The van der Waals surface area contributed by atoms with Crippen molar-refractivity contribution < 1.29 is 9.90 Å². The number of benzene rings is 1. The Hall–Kier alpha value is -2.14. The highest BCUT2D eigenvalue weighted by molar-refractivity contribution is 5.93. The van der Waals surface area contributed by atoms with E-state index in [1.807, 2.05) is 30.3 Å². The molecule has 1 aromatic heterocycles. The molecule has 0 aliphatic heterocycles. The predicted molar refractivity (Wildman–Crippen MR) is 70.1 cm³/mol. The van der Waals surface area contributed by atoms with Gasteiger partial charge in [-0.25, -0.2) is 4.98 Å². The van der Waals surface area contributed by atoms with Crippen molar-refractivity contribution in [3.05, 3.63) is 48.5 Å². The summed E-state index contributed by atoms with van der Waals surface area (Å²) >= 11 is 0. The lowest BCUT2D eigenvalue weighted by molar-refractivity contribution is 0.0560. The first-order valence-corrected chi connectivity index (χ1v) is 6.31. The van der Waals surface area contributed by atoms with Gasteiger partial charge in [0.05, 0.1) is 18.6 Å². The molecule has 0 bridgehead atoms. The van der Waals surface area contributed by atoms with Crippen molar-refractivity contribution in [3.63, 3.8) is 0 Å². The molecule has 5 nitrogen and oxygen atoms in total. The number of aliphatic hydroxyl groups excluding tert-OH is 1. The first kappa shape index (κ1) is 11.9. The number of carbonyl (C=O) groups is 1. The topological polar surface area (TPSA) is 67.2 Å². The number of carbonyl (C=O) groups excluding carboxylic acids is 1. The van der Waals surface area contributed by atoms with E-state index in [9.17, 15) is 9.90 Å². The second-order valence-corrected chi connectivity index (χ2v) is 4.78. The van der Waals surface area contributed by atoms with Gasteiger partial charge in [-0.05, 0) is 25.0 Å². The molecular weight excluding hydrogens is 242 g/mol. The molecule has 1 aromatic carbocycles. The van der Waals surface area contributed by atoms with Crippen molar-refractivity contribution in [3.8, 4) is 5.69 Å². The first-order chi connectivity index (χ1) is 9.24. The van der Waals surface area contributed by atoms with Crippen LogP contribution in [0.5, 0.6) is 0 Å². The van der Waals surface area contributed by atoms with Gasteiger partial charge in [0.15, 0.2) is 0 Å². The van der Waals surface area contributed by atoms with Gasteiger partial charge in [-0.15, -0.1) is 0 Å². The highest BCUT2D eigenvalue weighted by Crippen LogP contribution is 2.20. The number of nitrogens with one attached hydrogen (secondary N) is 1. The molecule has 1 fully saturated rings. The fourth-order valence-electron chi connectivity index (χ4n) is 2.22. The maximum Gasteiger partial charge on any atom is 0.270 e. The van der Waals surface area contributed by atoms with Gasteiger partial charge >= 0.3 is 0 Å². The summed E-state index contributed by atoms with van der Waals surface area (Å²) in [6.45, 7) is 0. The van der Waals surface area contributed by atoms with Gasteiger partial charge in [0.2, 0.25) is 0 Å². The molecule has 2 N–H and O–H groups in total. The molecule has 1 heterocycles. The molecule has 3 rings (SSSR count). The third-order valence-electron chi connectivity index (χ3n) is 3.35. The molecule has 5 heteroatoms. The minimum Gasteiger partial charge on any atom is -0.393 e. The third-order valence-corrected chi connectivity index (χ3v) is 3.35. The minimum absolute atomic E-state index is 0.0709. The van der Waals surface area contributed by atoms with E-state index in [-0.39, 0.29) is 18.1 Å². The van der Waals surface area contributed by atoms with Crippen LogP contribution in [-0.4, -0.2) is 32.7 Å². The van der Waals surface area contributed by atoms with Crippen LogP contribution in [0.2, 0.25) is 0 Å². The standard InChI is InChI=1S/C14H15N3O2/c18-12-6-10(7-12)16-14(19)13-8-15-9-17(13)11-4-2-1-3-5-11/h1-5,8-10,12,18H,6-7H2,(H,16,19). The SMILES string of the molecule is O=C(NC1CC(O)C1)c1cncn1-c1ccccc1. The van der Waals surface area contributed by atoms with Crippen molar-refractivity contribution in [2.75, 3.05) is 0 Å². The van der Waals surface area contributed by atoms with Crippen LogP contribution >= 0.6 is 0 Å². The summed E-state index contributed by atoms with van der Waals surface area (Å²) in [6.07, 6.45) is 4.16. The summed E-state index contributed by atoms with van der Waals surface area (Å²) in [5.74, 6) is -0.154. The van der Waals surface area contributed by atoms with Gasteiger partial charge in [-0.2, -0.15) is 0 Å². The van der Waals surface area contributed by atoms with E-state index in [2.05, 4.69) is 10.3 Å². The molecule has 0 spiro atoms. The van der Waals surface area contributed by atoms with Crippen LogP contribution in [0, 0.1) is 0 Å². The van der Waals surface area contributed by atoms with Crippen molar-refractivity contribution in [2.24, 2.45) is 0 Å². The molecule has 19 heavy (non-hydrogen) atoms. The van der Waals surface area contributed by atoms with E-state index in [1.54, 1.807) is 17.1 Å². The number of hydrogen-bond donors (Lipinski definition) is 2. The summed E-state index contributed by atoms with van der Waals surface area (Å²) in [7, 11) is 0. The van der Waals surface area contributed by atoms with E-state index in [0.29, 0.717) is 18.5 Å². The van der Waals surface area contributed by atoms with E-state index >= 15 is 0 Å². The molecular formula is C14H15N3O2. The van der Waals surface area contributed by atoms with Crippen molar-refractivity contribution >= 4 is 5.91 Å². The third kappa shape index (κ3) is 2.37. The van der Waals surface area contributed by atoms with E-state index in [0.717, 1.165) is 5.69 Å². The molecule has 1 amide bonds. The zero-order valence-electron chi connectivity index (χ0n) is 10.4. The maximum atomic E-state index is 12.2. The molecule has 0 saturated heterocycles. The number of amides is 1. The maximum absolute atomic E-state index is 12.2. The number of rotatable bonds is 3. The van der Waals surface area contributed by atoms with Gasteiger partial charge < -0.3 is 10.4 Å². The average Bonchev–Trinajstić information content (AvgIpc) is 2.87. The van der Waals surface area contributed by atoms with E-state index < -0.39 is 0 Å². The monoisotopic (exact) mass is 257 g/mol. The normalized spacial score (nSPS) is 21.7. The lowest BCUT2D eigenvalue weighted by Crippen LogP contribution is -2.47. The number of nitrogens with zero attached hydrogens (tertiary/aromatic N) is 2. The van der Waals surface area contributed by atoms with Crippen LogP contribution in [0.25, 0.3) is 5.69 Å². The highest BCUT2D eigenvalue weighted by atomic mass is 16.3. The molecule has 2 aromatic rings. The smallest absolute Gasteiger partial charge is 0.270 e. The Morgan fingerprint density at radius 2 is 2.05 bits per heavy atom. The highest BCUT2D eigenvalue weighted by Gasteiger charge is 2.29. The summed E-state index contributed by atoms with van der Waals surface area (Å²) in [5.41, 5.74) is 1.41. The number of hydrogen-bond acceptors (Lipinski definition) is 3. The van der Waals surface area contributed by atoms with Crippen LogP contribution in [0.1, 0.15) is 23.3 Å². The number of aliphatic hydroxyl groups is 1. The van der Waals surface area contributed by atoms with E-state index in [1.165, 1.54) is 0 Å². The Kier molecular flexibility index (Phi) is 3.05. The average molecular weight is 257 g/mol. The lowest BCUT2D eigenvalue weighted by Gasteiger charge is -2.31. The predicted octanol–water partition coefficient (Wildman–Crippen LogP) is 1.13. The van der Waals surface area contributed by atoms with Crippen molar-refractivity contribution in [1.29, 1.82) is 0 Å². The summed E-state index contributed by atoms with van der Waals surface area (Å²) in [6, 6.07) is 9.67. The molecule has 98 valence electrons. The van der Waals surface area contributed by atoms with Crippen LogP contribution in [0.4, 0.5) is 0 Å². The minimum atomic E-state index is -0.274. The van der Waals surface area contributed by atoms with Gasteiger partial charge in [0, 0.05) is 11.7 Å². The second-order valence-electron chi connectivity index (χ2n) is 4.78. The molecule has 1 aliphatic rings. The fourth-order valence-corrected chi connectivity index (χ4v) is 2.22. The van der Waals surface area contributed by atoms with E-state index in [4.69, 9.17) is 0 Å². The van der Waals surface area contributed by atoms with Gasteiger partial charge in [-0.1, -0.05) is 18.2 Å². The Morgan fingerprint density at radius 3 is 2.74 bits per heavy atom. The summed E-state index contributed by atoms with van der Waals surface area (Å²) < 4.78 is 1.75. The first-order valence-electron chi connectivity index (χ1n) is 6.31. The quantitative estimate of drug-likeness (QED) is 0.866. The molecule has 0 unspecified atom stereocenters. The van der Waals surface area contributed by atoms with Crippen LogP contribution in [0.15, 0.2) is 42.9 Å². The Morgan fingerprint density at radius 1 is 1.32 bits per heavy atom. The molecule has 0 radical (unpaired) electrons. The number of aromatic nitrogens is 2. The number of imidazole rings is 1. The Bertz CT molecular complexity index is 573. The molecule has 1 aliphatic carbocycles. The summed E-state index contributed by atoms with van der Waals surface area (Å²) in [5, 5.41) is 12.1. The zero-order valence-corrected chi connectivity index (χ0v) is 10.4. The Balaban J connectivity index is 1.78. The van der Waals surface area contributed by atoms with Crippen molar-refractivity contribution in [1.82, 2.24) is 14.9 Å². The van der Waals surface area contributed by atoms with Gasteiger partial charge in [-0.3, -0.25) is 9.36 Å². The van der Waals surface area contributed by atoms with Crippen LogP contribution < -0.4 is 5.32 Å². The van der Waals surface area contributed by atoms with Gasteiger partial charge in [0.25, 0.3) is 5.91 Å². The molecule has 1 saturated carbocycles. The Labute approximate surface area is 110 Å². The van der Waals surface area contributed by atoms with Crippen LogP contribution in [-0.2, 0) is 0 Å². The van der Waals surface area contributed by atoms with Gasteiger partial charge in [0.1, 0.15) is 5.69 Å². The second kappa shape index (κ2) is 4.85. The fraction of sp³-hybridized carbons (Fsp3) is 0.286. The van der Waals surface area contributed by atoms with Crippen molar-refractivity contribution in [2.45, 2.75) is 25.0 Å². The lowest BCUT2D eigenvalue weighted by atomic mass is 9.89. The largest absolute Gasteiger partial charge is 0.393 e. The summed E-state index contributed by atoms with van der Waals surface area (Å²) in [4.78, 5) is 16.2. The zero-order chi connectivity index (χ0) is 13.2. The number of para-hydroxylation sites is 1. The van der Waals surface area contributed by atoms with Crippen LogP contribution in [0.3, 0.4) is 0 Å².